The number of esters is 1. The maximum atomic E-state index is 11.8. The van der Waals surface area contributed by atoms with Gasteiger partial charge >= 0.3 is 5.97 Å². The number of carbonyl (C=O) groups is 2. The second-order valence-corrected chi connectivity index (χ2v) is 4.19. The molecular formula is C15H20O3. The van der Waals surface area contributed by atoms with E-state index in [2.05, 4.69) is 6.92 Å². The molecule has 0 bridgehead atoms. The number of carbonyl (C=O) groups excluding carboxylic acids is 2. The zero-order valence-electron chi connectivity index (χ0n) is 11.1. The van der Waals surface area contributed by atoms with Crippen molar-refractivity contribution in [1.82, 2.24) is 0 Å². The second-order valence-electron chi connectivity index (χ2n) is 4.19. The molecule has 0 radical (unpaired) electrons. The van der Waals surface area contributed by atoms with Crippen LogP contribution in [0.15, 0.2) is 24.3 Å². The van der Waals surface area contributed by atoms with Crippen molar-refractivity contribution >= 4 is 11.8 Å². The van der Waals surface area contributed by atoms with Crippen molar-refractivity contribution in [3.05, 3.63) is 35.4 Å². The molecule has 3 nitrogen and oxygen atoms in total. The van der Waals surface area contributed by atoms with Crippen LogP contribution in [0.1, 0.15) is 49.0 Å². The molecule has 1 aromatic rings. The summed E-state index contributed by atoms with van der Waals surface area (Å²) in [6.07, 6.45) is 2.14. The van der Waals surface area contributed by atoms with Gasteiger partial charge in [0.1, 0.15) is 0 Å². The molecule has 0 aliphatic heterocycles. The van der Waals surface area contributed by atoms with Gasteiger partial charge in [0.05, 0.1) is 13.0 Å². The van der Waals surface area contributed by atoms with Crippen LogP contribution in [0.2, 0.25) is 0 Å². The number of hydrogen-bond acceptors (Lipinski definition) is 3. The van der Waals surface area contributed by atoms with Crippen LogP contribution in [0.25, 0.3) is 0 Å². The van der Waals surface area contributed by atoms with E-state index in [1.807, 2.05) is 31.2 Å². The fourth-order valence-electron chi connectivity index (χ4n) is 1.57. The van der Waals surface area contributed by atoms with Crippen LogP contribution in [0, 0.1) is 0 Å². The third-order valence-corrected chi connectivity index (χ3v) is 2.71. The third kappa shape index (κ3) is 4.70. The van der Waals surface area contributed by atoms with Crippen LogP contribution >= 0.6 is 0 Å². The molecule has 0 aliphatic carbocycles. The first-order chi connectivity index (χ1) is 8.67. The Morgan fingerprint density at radius 2 is 1.72 bits per heavy atom. The fraction of sp³-hybridized carbons (Fsp3) is 0.467. The Kier molecular flexibility index (Phi) is 6.12. The van der Waals surface area contributed by atoms with E-state index in [4.69, 9.17) is 4.74 Å². The molecule has 0 heterocycles. The van der Waals surface area contributed by atoms with Gasteiger partial charge in [0, 0.05) is 12.0 Å². The lowest BCUT2D eigenvalue weighted by molar-refractivity contribution is -0.143. The summed E-state index contributed by atoms with van der Waals surface area (Å²) in [5.41, 5.74) is 1.87. The zero-order chi connectivity index (χ0) is 13.4. The van der Waals surface area contributed by atoms with E-state index < -0.39 is 0 Å². The van der Waals surface area contributed by atoms with Gasteiger partial charge in [0.15, 0.2) is 5.78 Å². The minimum atomic E-state index is -0.296. The Balaban J connectivity index is 2.42. The Morgan fingerprint density at radius 1 is 1.06 bits per heavy atom. The Bertz CT molecular complexity index is 393. The molecule has 0 aliphatic rings. The van der Waals surface area contributed by atoms with Gasteiger partial charge in [-0.15, -0.1) is 0 Å². The molecule has 18 heavy (non-hydrogen) atoms. The van der Waals surface area contributed by atoms with E-state index in [0.717, 1.165) is 12.8 Å². The van der Waals surface area contributed by atoms with Gasteiger partial charge < -0.3 is 4.74 Å². The number of ketones is 1. The van der Waals surface area contributed by atoms with Crippen molar-refractivity contribution in [2.45, 2.75) is 39.5 Å². The summed E-state index contributed by atoms with van der Waals surface area (Å²) < 4.78 is 4.92. The summed E-state index contributed by atoms with van der Waals surface area (Å²) in [5.74, 6) is -0.304. The lowest BCUT2D eigenvalue weighted by Crippen LogP contribution is -2.08. The summed E-state index contributed by atoms with van der Waals surface area (Å²) in [7, 11) is 0. The second kappa shape index (κ2) is 7.64. The first kappa shape index (κ1) is 14.4. The molecule has 0 saturated heterocycles. The molecule has 0 amide bonds. The van der Waals surface area contributed by atoms with E-state index in [-0.39, 0.29) is 24.6 Å². The molecule has 0 fully saturated rings. The summed E-state index contributed by atoms with van der Waals surface area (Å²) in [6, 6.07) is 7.53. The van der Waals surface area contributed by atoms with Crippen LogP contribution in [0.5, 0.6) is 0 Å². The molecule has 0 spiro atoms. The molecule has 1 rings (SSSR count). The van der Waals surface area contributed by atoms with Crippen LogP contribution in [-0.2, 0) is 16.0 Å². The number of aryl methyl sites for hydroxylation is 1. The maximum Gasteiger partial charge on any atom is 0.306 e. The van der Waals surface area contributed by atoms with E-state index in [0.29, 0.717) is 12.2 Å². The van der Waals surface area contributed by atoms with Crippen LogP contribution in [-0.4, -0.2) is 18.4 Å². The van der Waals surface area contributed by atoms with Gasteiger partial charge in [-0.3, -0.25) is 9.59 Å². The average Bonchev–Trinajstić information content (AvgIpc) is 2.42. The van der Waals surface area contributed by atoms with Gasteiger partial charge in [0.2, 0.25) is 0 Å². The molecule has 1 aromatic carbocycles. The average molecular weight is 248 g/mol. The minimum Gasteiger partial charge on any atom is -0.466 e. The third-order valence-electron chi connectivity index (χ3n) is 2.71. The highest BCUT2D eigenvalue weighted by Gasteiger charge is 2.09. The SMILES string of the molecule is CCCOC(=O)CCC(=O)c1ccc(CC)cc1. The number of hydrogen-bond donors (Lipinski definition) is 0. The lowest BCUT2D eigenvalue weighted by atomic mass is 10.0. The lowest BCUT2D eigenvalue weighted by Gasteiger charge is -2.03. The highest BCUT2D eigenvalue weighted by atomic mass is 16.5. The normalized spacial score (nSPS) is 10.1. The van der Waals surface area contributed by atoms with Gasteiger partial charge in [-0.2, -0.15) is 0 Å². The van der Waals surface area contributed by atoms with Crippen molar-refractivity contribution < 1.29 is 14.3 Å². The van der Waals surface area contributed by atoms with E-state index in [1.54, 1.807) is 0 Å². The maximum absolute atomic E-state index is 11.8. The smallest absolute Gasteiger partial charge is 0.306 e. The quantitative estimate of drug-likeness (QED) is 0.550. The van der Waals surface area contributed by atoms with E-state index >= 15 is 0 Å². The van der Waals surface area contributed by atoms with Crippen molar-refractivity contribution in [3.8, 4) is 0 Å². The fourth-order valence-corrected chi connectivity index (χ4v) is 1.57. The Labute approximate surface area is 108 Å². The van der Waals surface area contributed by atoms with Crippen LogP contribution < -0.4 is 0 Å². The highest BCUT2D eigenvalue weighted by molar-refractivity contribution is 5.97. The minimum absolute atomic E-state index is 0.00824. The molecule has 0 saturated carbocycles. The standard InChI is InChI=1S/C15H20O3/c1-3-11-18-15(17)10-9-14(16)13-7-5-12(4-2)6-8-13/h5-8H,3-4,9-11H2,1-2H3. The first-order valence-electron chi connectivity index (χ1n) is 6.45. The topological polar surface area (TPSA) is 43.4 Å². The first-order valence-corrected chi connectivity index (χ1v) is 6.45. The van der Waals surface area contributed by atoms with Crippen LogP contribution in [0.4, 0.5) is 0 Å². The Hall–Kier alpha value is -1.64. The van der Waals surface area contributed by atoms with Gasteiger partial charge in [-0.1, -0.05) is 38.1 Å². The zero-order valence-corrected chi connectivity index (χ0v) is 11.1. The van der Waals surface area contributed by atoms with E-state index in [9.17, 15) is 9.59 Å². The predicted octanol–water partition coefficient (Wildman–Crippen LogP) is 3.17. The number of benzene rings is 1. The monoisotopic (exact) mass is 248 g/mol. The predicted molar refractivity (Wildman–Crippen MR) is 70.6 cm³/mol. The summed E-state index contributed by atoms with van der Waals surface area (Å²) in [5, 5.41) is 0. The van der Waals surface area contributed by atoms with Crippen molar-refractivity contribution in [3.63, 3.8) is 0 Å². The molecule has 0 atom stereocenters. The molecule has 3 heteroatoms. The van der Waals surface area contributed by atoms with Gasteiger partial charge in [-0.25, -0.2) is 0 Å². The number of Topliss-reactive ketones (excluding diaryl/α,β-unsaturated/α-hetero) is 1. The number of ether oxygens (including phenoxy) is 1. The summed E-state index contributed by atoms with van der Waals surface area (Å²) in [4.78, 5) is 23.1. The molecule has 98 valence electrons. The Morgan fingerprint density at radius 3 is 2.28 bits per heavy atom. The van der Waals surface area contributed by atoms with Gasteiger partial charge in [-0.05, 0) is 18.4 Å². The number of rotatable bonds is 7. The molecule has 0 aromatic heterocycles. The summed E-state index contributed by atoms with van der Waals surface area (Å²) >= 11 is 0. The van der Waals surface area contributed by atoms with Crippen molar-refractivity contribution in [1.29, 1.82) is 0 Å². The largest absolute Gasteiger partial charge is 0.466 e. The summed E-state index contributed by atoms with van der Waals surface area (Å²) in [6.45, 7) is 4.44. The molecular weight excluding hydrogens is 228 g/mol. The van der Waals surface area contributed by atoms with Crippen molar-refractivity contribution in [2.75, 3.05) is 6.61 Å². The van der Waals surface area contributed by atoms with Crippen LogP contribution in [0.3, 0.4) is 0 Å². The van der Waals surface area contributed by atoms with Crippen molar-refractivity contribution in [2.24, 2.45) is 0 Å². The molecule has 0 unspecified atom stereocenters. The highest BCUT2D eigenvalue weighted by Crippen LogP contribution is 2.09. The van der Waals surface area contributed by atoms with Gasteiger partial charge in [0.25, 0.3) is 0 Å². The van der Waals surface area contributed by atoms with E-state index in [1.165, 1.54) is 5.56 Å². The molecule has 0 N–H and O–H groups in total.